The number of urea groups is 1. The quantitative estimate of drug-likeness (QED) is 0.310. The maximum atomic E-state index is 13.9. The minimum Gasteiger partial charge on any atom is -0.436 e. The first-order valence-corrected chi connectivity index (χ1v) is 17.8. The van der Waals surface area contributed by atoms with Crippen molar-refractivity contribution in [2.24, 2.45) is 0 Å². The molecule has 1 atom stereocenters. The van der Waals surface area contributed by atoms with E-state index in [2.05, 4.69) is 22.2 Å². The molecule has 4 aliphatic rings. The zero-order valence-electron chi connectivity index (χ0n) is 28.1. The predicted octanol–water partition coefficient (Wildman–Crippen LogP) is 5.17. The number of hydrogen-bond acceptors (Lipinski definition) is 8. The third-order valence-corrected chi connectivity index (χ3v) is 11.3. The van der Waals surface area contributed by atoms with Crippen molar-refractivity contribution in [3.63, 3.8) is 0 Å². The van der Waals surface area contributed by atoms with Gasteiger partial charge >= 0.3 is 24.5 Å². The van der Waals surface area contributed by atoms with Gasteiger partial charge in [0.25, 0.3) is 5.91 Å². The van der Waals surface area contributed by atoms with Crippen molar-refractivity contribution in [1.82, 2.24) is 24.5 Å². The van der Waals surface area contributed by atoms with Crippen LogP contribution in [0.2, 0.25) is 0 Å². The third-order valence-electron chi connectivity index (χ3n) is 10.3. The van der Waals surface area contributed by atoms with Crippen LogP contribution in [0.3, 0.4) is 0 Å². The minimum atomic E-state index is -5.21. The lowest BCUT2D eigenvalue weighted by atomic mass is 9.97. The number of piperidine rings is 2. The van der Waals surface area contributed by atoms with E-state index >= 15 is 0 Å². The van der Waals surface area contributed by atoms with Gasteiger partial charge in [-0.3, -0.25) is 9.69 Å². The van der Waals surface area contributed by atoms with Crippen LogP contribution in [0.25, 0.3) is 0 Å². The number of likely N-dealkylation sites (tertiary alicyclic amines) is 2. The van der Waals surface area contributed by atoms with Crippen LogP contribution in [-0.2, 0) is 34.8 Å². The molecule has 0 bridgehead atoms. The molecule has 0 radical (unpaired) electrons. The number of alkyl halides is 6. The number of nitrogen functional groups attached to an aromatic ring is 1. The Morgan fingerprint density at radius 3 is 2.08 bits per heavy atom. The van der Waals surface area contributed by atoms with Crippen LogP contribution >= 0.6 is 11.3 Å². The van der Waals surface area contributed by atoms with Gasteiger partial charge in [0.15, 0.2) is 6.10 Å². The summed E-state index contributed by atoms with van der Waals surface area (Å²) in [5.41, 5.74) is 0.776. The number of nitrogens with one attached hydrogen (secondary N) is 1. The largest absolute Gasteiger partial charge is 0.436 e. The molecule has 3 saturated heterocycles. The fourth-order valence-corrected chi connectivity index (χ4v) is 8.23. The molecule has 3 fully saturated rings. The number of hydrogen-bond donors (Lipinski definition) is 2. The molecule has 1 aromatic carbocycles. The topological polar surface area (TPSA) is 115 Å². The number of rotatable bonds is 6. The molecule has 18 heteroatoms. The lowest BCUT2D eigenvalue weighted by Gasteiger charge is -2.43. The summed E-state index contributed by atoms with van der Waals surface area (Å²) in [7, 11) is 2.06. The Kier molecular flexibility index (Phi) is 10.7. The molecular weight excluding hydrogens is 704 g/mol. The van der Waals surface area contributed by atoms with Crippen LogP contribution in [-0.4, -0.2) is 120 Å². The van der Waals surface area contributed by atoms with Gasteiger partial charge in [0.05, 0.1) is 29.0 Å². The second-order valence-electron chi connectivity index (χ2n) is 13.6. The van der Waals surface area contributed by atoms with Gasteiger partial charge in [0, 0.05) is 62.7 Å². The van der Waals surface area contributed by atoms with E-state index in [9.17, 15) is 40.7 Å². The summed E-state index contributed by atoms with van der Waals surface area (Å²) < 4.78 is 88.7. The molecule has 6 rings (SSSR count). The molecule has 0 saturated carbocycles. The number of anilines is 2. The van der Waals surface area contributed by atoms with Crippen molar-refractivity contribution < 1.29 is 45.5 Å². The van der Waals surface area contributed by atoms with Crippen LogP contribution in [0, 0.1) is 0 Å². The first-order chi connectivity index (χ1) is 24.1. The second kappa shape index (κ2) is 14.7. The van der Waals surface area contributed by atoms with Crippen LogP contribution in [0.5, 0.6) is 0 Å². The van der Waals surface area contributed by atoms with E-state index in [-0.39, 0.29) is 38.3 Å². The molecule has 0 unspecified atom stereocenters. The van der Waals surface area contributed by atoms with Gasteiger partial charge in [-0.2, -0.15) is 26.3 Å². The number of carbonyl (C=O) groups excluding carboxylic acids is 3. The first-order valence-electron chi connectivity index (χ1n) is 17.0. The number of amides is 4. The number of ether oxygens (including phenoxy) is 1. The number of fused-ring (bicyclic) bond motifs is 1. The average molecular weight is 746 g/mol. The number of piperazine rings is 1. The number of benzene rings is 1. The van der Waals surface area contributed by atoms with Crippen LogP contribution < -0.4 is 11.1 Å². The molecule has 3 N–H and O–H groups in total. The fourth-order valence-electron chi connectivity index (χ4n) is 7.40. The van der Waals surface area contributed by atoms with E-state index in [1.807, 2.05) is 11.4 Å². The zero-order chi connectivity index (χ0) is 36.7. The Bertz CT molecular complexity index is 1560. The van der Waals surface area contributed by atoms with Crippen molar-refractivity contribution in [3.05, 3.63) is 45.1 Å². The normalized spacial score (nSPS) is 21.0. The summed E-state index contributed by atoms with van der Waals surface area (Å²) >= 11 is 1.52. The van der Waals surface area contributed by atoms with E-state index in [0.717, 1.165) is 36.5 Å². The van der Waals surface area contributed by atoms with Gasteiger partial charge in [0.2, 0.25) is 0 Å². The number of carbonyl (C=O) groups is 3. The fraction of sp³-hybridized carbons (Fsp3) is 0.606. The van der Waals surface area contributed by atoms with Crippen molar-refractivity contribution >= 4 is 40.7 Å². The predicted molar refractivity (Wildman–Crippen MR) is 177 cm³/mol. The molecule has 1 aromatic heterocycles. The van der Waals surface area contributed by atoms with Crippen LogP contribution in [0.1, 0.15) is 47.3 Å². The van der Waals surface area contributed by atoms with Crippen molar-refractivity contribution in [2.75, 3.05) is 70.5 Å². The molecular formula is C33H41F6N7O4S. The van der Waals surface area contributed by atoms with E-state index < -0.39 is 59.3 Å². The van der Waals surface area contributed by atoms with E-state index in [1.54, 1.807) is 4.90 Å². The maximum absolute atomic E-state index is 13.9. The lowest BCUT2D eigenvalue weighted by molar-refractivity contribution is -0.143. The summed E-state index contributed by atoms with van der Waals surface area (Å²) in [5, 5.41) is 4.75. The van der Waals surface area contributed by atoms with E-state index in [4.69, 9.17) is 10.5 Å². The minimum absolute atomic E-state index is 0.166. The monoisotopic (exact) mass is 745 g/mol. The third kappa shape index (κ3) is 8.32. The number of halogens is 6. The summed E-state index contributed by atoms with van der Waals surface area (Å²) in [4.78, 5) is 50.2. The highest BCUT2D eigenvalue weighted by atomic mass is 32.1. The SMILES string of the molecule is CN1CCC(N2CCN(C(=O)[C@@H](Cc3cc(C(F)(F)F)c(N)c(C(F)(F)F)c3)OC(=O)N3CCC(N4Cc5sccc5NC4=O)CC3)CC2)CC1. The Morgan fingerprint density at radius 2 is 1.49 bits per heavy atom. The highest BCUT2D eigenvalue weighted by Gasteiger charge is 2.42. The number of thiophene rings is 1. The maximum Gasteiger partial charge on any atom is 0.418 e. The number of nitrogens with two attached hydrogens (primary N) is 1. The summed E-state index contributed by atoms with van der Waals surface area (Å²) in [5.74, 6) is -0.697. The molecule has 2 aromatic rings. The van der Waals surface area contributed by atoms with Crippen molar-refractivity contribution in [2.45, 2.75) is 69.2 Å². The Morgan fingerprint density at radius 1 is 0.902 bits per heavy atom. The molecule has 5 heterocycles. The molecule has 11 nitrogen and oxygen atoms in total. The van der Waals surface area contributed by atoms with Crippen LogP contribution in [0.4, 0.5) is 47.3 Å². The number of nitrogens with zero attached hydrogens (tertiary/aromatic N) is 5. The van der Waals surface area contributed by atoms with Gasteiger partial charge in [0.1, 0.15) is 0 Å². The molecule has 51 heavy (non-hydrogen) atoms. The van der Waals surface area contributed by atoms with Gasteiger partial charge in [-0.25, -0.2) is 9.59 Å². The average Bonchev–Trinajstić information content (AvgIpc) is 3.54. The standard InChI is InChI=1S/C33H41F6N7O4S/c1-42-7-2-21(3-8-42)43-11-13-44(14-12-43)29(47)26(18-20-16-23(32(34,35)36)28(40)24(17-20)33(37,38)39)50-31(49)45-9-4-22(5-10-45)46-19-27-25(6-15-51-27)41-30(46)48/h6,15-17,21-22,26H,2-5,7-14,18-19,40H2,1H3,(H,41,48)/t26-/m1/s1. The van der Waals surface area contributed by atoms with Crippen molar-refractivity contribution in [3.8, 4) is 0 Å². The summed E-state index contributed by atoms with van der Waals surface area (Å²) in [6, 6.07) is 2.70. The second-order valence-corrected chi connectivity index (χ2v) is 14.6. The Hall–Kier alpha value is -3.77. The molecule has 280 valence electrons. The lowest BCUT2D eigenvalue weighted by Crippen LogP contribution is -2.56. The van der Waals surface area contributed by atoms with Crippen LogP contribution in [0.15, 0.2) is 23.6 Å². The highest BCUT2D eigenvalue weighted by molar-refractivity contribution is 7.10. The molecule has 0 aliphatic carbocycles. The van der Waals surface area contributed by atoms with Gasteiger partial charge in [-0.15, -0.1) is 11.3 Å². The Balaban J connectivity index is 1.17. The van der Waals surface area contributed by atoms with E-state index in [0.29, 0.717) is 50.7 Å². The summed E-state index contributed by atoms with van der Waals surface area (Å²) in [6.45, 7) is 4.24. The van der Waals surface area contributed by atoms with E-state index in [1.165, 1.54) is 21.1 Å². The molecule has 4 aliphatic heterocycles. The molecule has 0 spiro atoms. The van der Waals surface area contributed by atoms with Gasteiger partial charge in [-0.1, -0.05) is 0 Å². The van der Waals surface area contributed by atoms with Crippen molar-refractivity contribution in [1.29, 1.82) is 0 Å². The first kappa shape index (κ1) is 37.0. The smallest absolute Gasteiger partial charge is 0.418 e. The van der Waals surface area contributed by atoms with Gasteiger partial charge < -0.3 is 35.4 Å². The zero-order valence-corrected chi connectivity index (χ0v) is 28.9. The van der Waals surface area contributed by atoms with Gasteiger partial charge in [-0.05, 0) is 75.0 Å². The highest BCUT2D eigenvalue weighted by Crippen LogP contribution is 2.42. The molecule has 4 amide bonds. The summed E-state index contributed by atoms with van der Waals surface area (Å²) in [6.07, 6.45) is -11.0. The Labute approximate surface area is 295 Å².